The molecular formula is C17H25ClN4O. The van der Waals surface area contributed by atoms with Gasteiger partial charge in [-0.3, -0.25) is 4.90 Å². The van der Waals surface area contributed by atoms with Gasteiger partial charge in [-0.05, 0) is 36.6 Å². The Balaban J connectivity index is 0.00000192. The molecule has 3 rings (SSSR count). The van der Waals surface area contributed by atoms with E-state index >= 15 is 0 Å². The van der Waals surface area contributed by atoms with Crippen molar-refractivity contribution >= 4 is 12.4 Å². The number of benzene rings is 1. The lowest BCUT2D eigenvalue weighted by Gasteiger charge is -2.38. The summed E-state index contributed by atoms with van der Waals surface area (Å²) in [4.78, 5) is 2.47. The average Bonchev–Trinajstić information content (AvgIpc) is 3.10. The number of aromatic nitrogens is 2. The van der Waals surface area contributed by atoms with E-state index in [1.165, 1.54) is 5.56 Å². The van der Waals surface area contributed by atoms with Gasteiger partial charge in [0.15, 0.2) is 0 Å². The fraction of sp³-hybridized carbons (Fsp3) is 0.471. The molecule has 0 amide bonds. The van der Waals surface area contributed by atoms with Crippen molar-refractivity contribution in [1.82, 2.24) is 14.7 Å². The molecule has 1 aliphatic heterocycles. The fourth-order valence-corrected chi connectivity index (χ4v) is 3.14. The zero-order valence-corrected chi connectivity index (χ0v) is 14.3. The van der Waals surface area contributed by atoms with Crippen LogP contribution in [0.2, 0.25) is 0 Å². The van der Waals surface area contributed by atoms with Crippen molar-refractivity contribution < 1.29 is 4.74 Å². The third-order valence-electron chi connectivity index (χ3n) is 4.49. The van der Waals surface area contributed by atoms with Crippen molar-refractivity contribution in [2.45, 2.75) is 31.5 Å². The predicted molar refractivity (Wildman–Crippen MR) is 94.1 cm³/mol. The van der Waals surface area contributed by atoms with Crippen molar-refractivity contribution in [2.75, 3.05) is 20.2 Å². The minimum Gasteiger partial charge on any atom is -0.381 e. The molecule has 2 unspecified atom stereocenters. The van der Waals surface area contributed by atoms with E-state index in [-0.39, 0.29) is 12.4 Å². The molecule has 0 bridgehead atoms. The van der Waals surface area contributed by atoms with E-state index < -0.39 is 0 Å². The zero-order chi connectivity index (χ0) is 15.4. The van der Waals surface area contributed by atoms with Crippen LogP contribution < -0.4 is 5.73 Å². The molecule has 2 heterocycles. The fourth-order valence-electron chi connectivity index (χ4n) is 3.14. The van der Waals surface area contributed by atoms with Gasteiger partial charge >= 0.3 is 0 Å². The van der Waals surface area contributed by atoms with Crippen LogP contribution in [0.1, 0.15) is 18.4 Å². The molecule has 0 aliphatic carbocycles. The Morgan fingerprint density at radius 3 is 2.70 bits per heavy atom. The molecule has 5 nitrogen and oxygen atoms in total. The van der Waals surface area contributed by atoms with Gasteiger partial charge in [0, 0.05) is 45.2 Å². The highest BCUT2D eigenvalue weighted by Crippen LogP contribution is 2.21. The largest absolute Gasteiger partial charge is 0.381 e. The van der Waals surface area contributed by atoms with E-state index in [0.717, 1.165) is 31.6 Å². The second-order valence-corrected chi connectivity index (χ2v) is 5.86. The number of methoxy groups -OCH3 is 1. The number of piperidine rings is 1. The van der Waals surface area contributed by atoms with Crippen LogP contribution in [0.3, 0.4) is 0 Å². The molecule has 1 aromatic heterocycles. The Bertz CT molecular complexity index is 573. The Hall–Kier alpha value is -1.40. The maximum atomic E-state index is 5.94. The topological polar surface area (TPSA) is 56.3 Å². The number of hydrogen-bond acceptors (Lipinski definition) is 4. The van der Waals surface area contributed by atoms with Crippen LogP contribution in [0.4, 0.5) is 0 Å². The zero-order valence-electron chi connectivity index (χ0n) is 13.5. The SMILES string of the molecule is COC1CCN(Cc2ccc(-n3cccn3)cc2)C(CN)C1.Cl. The second kappa shape index (κ2) is 8.45. The third kappa shape index (κ3) is 4.32. The Labute approximate surface area is 143 Å². The molecule has 1 fully saturated rings. The molecule has 1 aliphatic rings. The summed E-state index contributed by atoms with van der Waals surface area (Å²) in [6.45, 7) is 2.67. The summed E-state index contributed by atoms with van der Waals surface area (Å²) in [6, 6.07) is 10.9. The molecule has 0 radical (unpaired) electrons. The van der Waals surface area contributed by atoms with Crippen LogP contribution in [0, 0.1) is 0 Å². The van der Waals surface area contributed by atoms with E-state index in [0.29, 0.717) is 18.7 Å². The highest BCUT2D eigenvalue weighted by molar-refractivity contribution is 5.85. The number of nitrogens with two attached hydrogens (primary N) is 1. The smallest absolute Gasteiger partial charge is 0.0645 e. The van der Waals surface area contributed by atoms with Crippen molar-refractivity contribution in [3.05, 3.63) is 48.3 Å². The van der Waals surface area contributed by atoms with E-state index in [1.807, 2.05) is 16.9 Å². The molecule has 0 spiro atoms. The average molecular weight is 337 g/mol. The van der Waals surface area contributed by atoms with Gasteiger partial charge in [-0.2, -0.15) is 5.10 Å². The van der Waals surface area contributed by atoms with E-state index in [2.05, 4.69) is 34.3 Å². The lowest BCUT2D eigenvalue weighted by atomic mass is 9.98. The van der Waals surface area contributed by atoms with Gasteiger partial charge in [0.1, 0.15) is 0 Å². The summed E-state index contributed by atoms with van der Waals surface area (Å²) in [6.07, 6.45) is 6.21. The molecule has 2 N–H and O–H groups in total. The monoisotopic (exact) mass is 336 g/mol. The molecule has 2 aromatic rings. The second-order valence-electron chi connectivity index (χ2n) is 5.86. The van der Waals surface area contributed by atoms with Gasteiger partial charge in [-0.1, -0.05) is 12.1 Å². The van der Waals surface area contributed by atoms with Crippen molar-refractivity contribution in [3.8, 4) is 5.69 Å². The molecule has 23 heavy (non-hydrogen) atoms. The first-order valence-corrected chi connectivity index (χ1v) is 7.86. The van der Waals surface area contributed by atoms with Gasteiger partial charge in [-0.25, -0.2) is 4.68 Å². The lowest BCUT2D eigenvalue weighted by molar-refractivity contribution is 0.0102. The van der Waals surface area contributed by atoms with Crippen molar-refractivity contribution in [2.24, 2.45) is 5.73 Å². The highest BCUT2D eigenvalue weighted by Gasteiger charge is 2.27. The number of likely N-dealkylation sites (tertiary alicyclic amines) is 1. The maximum absolute atomic E-state index is 5.94. The van der Waals surface area contributed by atoms with E-state index in [4.69, 9.17) is 10.5 Å². The quantitative estimate of drug-likeness (QED) is 0.909. The number of hydrogen-bond donors (Lipinski definition) is 1. The Morgan fingerprint density at radius 1 is 1.30 bits per heavy atom. The normalized spacial score (nSPS) is 21.8. The summed E-state index contributed by atoms with van der Waals surface area (Å²) in [5.41, 5.74) is 8.34. The van der Waals surface area contributed by atoms with Gasteiger partial charge < -0.3 is 10.5 Å². The summed E-state index contributed by atoms with van der Waals surface area (Å²) < 4.78 is 7.36. The summed E-state index contributed by atoms with van der Waals surface area (Å²) in [5.74, 6) is 0. The van der Waals surface area contributed by atoms with Crippen LogP contribution in [0.15, 0.2) is 42.7 Å². The van der Waals surface area contributed by atoms with Crippen LogP contribution in [-0.2, 0) is 11.3 Å². The molecule has 1 saturated heterocycles. The minimum atomic E-state index is 0. The predicted octanol–water partition coefficient (Wildman–Crippen LogP) is 2.23. The minimum absolute atomic E-state index is 0. The molecular weight excluding hydrogens is 312 g/mol. The van der Waals surface area contributed by atoms with Crippen LogP contribution in [0.25, 0.3) is 5.69 Å². The maximum Gasteiger partial charge on any atom is 0.0645 e. The molecule has 1 aromatic carbocycles. The van der Waals surface area contributed by atoms with Crippen molar-refractivity contribution in [3.63, 3.8) is 0 Å². The molecule has 0 saturated carbocycles. The van der Waals surface area contributed by atoms with E-state index in [1.54, 1.807) is 13.3 Å². The lowest BCUT2D eigenvalue weighted by Crippen LogP contribution is -2.47. The van der Waals surface area contributed by atoms with Gasteiger partial charge in [0.05, 0.1) is 11.8 Å². The first-order valence-electron chi connectivity index (χ1n) is 7.86. The van der Waals surface area contributed by atoms with E-state index in [9.17, 15) is 0 Å². The van der Waals surface area contributed by atoms with Crippen LogP contribution >= 0.6 is 12.4 Å². The molecule has 2 atom stereocenters. The summed E-state index contributed by atoms with van der Waals surface area (Å²) in [7, 11) is 1.79. The Morgan fingerprint density at radius 2 is 2.09 bits per heavy atom. The number of halogens is 1. The van der Waals surface area contributed by atoms with Gasteiger partial charge in [0.2, 0.25) is 0 Å². The number of rotatable bonds is 5. The van der Waals surface area contributed by atoms with Crippen LogP contribution in [0.5, 0.6) is 0 Å². The third-order valence-corrected chi connectivity index (χ3v) is 4.49. The Kier molecular flexibility index (Phi) is 6.59. The standard InChI is InChI=1S/C17H24N4O.ClH/c1-22-17-7-10-20(16(11-17)12-18)13-14-3-5-15(6-4-14)21-9-2-8-19-21;/h2-6,8-9,16-17H,7,10-13,18H2,1H3;1H. The molecule has 6 heteroatoms. The first kappa shape index (κ1) is 17.9. The number of nitrogens with zero attached hydrogens (tertiary/aromatic N) is 3. The number of ether oxygens (including phenoxy) is 1. The summed E-state index contributed by atoms with van der Waals surface area (Å²) in [5, 5.41) is 4.25. The highest BCUT2D eigenvalue weighted by atomic mass is 35.5. The van der Waals surface area contributed by atoms with Gasteiger partial charge in [-0.15, -0.1) is 12.4 Å². The van der Waals surface area contributed by atoms with Crippen LogP contribution in [-0.4, -0.2) is 47.0 Å². The van der Waals surface area contributed by atoms with Gasteiger partial charge in [0.25, 0.3) is 0 Å². The molecule has 126 valence electrons. The summed E-state index contributed by atoms with van der Waals surface area (Å²) >= 11 is 0. The van der Waals surface area contributed by atoms with Crippen molar-refractivity contribution in [1.29, 1.82) is 0 Å². The first-order chi connectivity index (χ1) is 10.8.